The molecule has 2 aromatic rings. The summed E-state index contributed by atoms with van der Waals surface area (Å²) in [6.07, 6.45) is 1.24. The summed E-state index contributed by atoms with van der Waals surface area (Å²) in [5.41, 5.74) is 2.92. The Bertz CT molecular complexity index is 805. The molecule has 6 nitrogen and oxygen atoms in total. The van der Waals surface area contributed by atoms with Crippen LogP contribution < -0.4 is 20.3 Å². The van der Waals surface area contributed by atoms with Gasteiger partial charge in [-0.25, -0.2) is 4.79 Å². The van der Waals surface area contributed by atoms with Crippen molar-refractivity contribution < 1.29 is 14.3 Å². The minimum atomic E-state index is -0.511. The molecule has 6 heteroatoms. The molecule has 0 bridgehead atoms. The molecule has 27 heavy (non-hydrogen) atoms. The molecule has 0 saturated heterocycles. The van der Waals surface area contributed by atoms with Crippen molar-refractivity contribution in [3.8, 4) is 5.75 Å². The van der Waals surface area contributed by atoms with Crippen LogP contribution in [0.3, 0.4) is 0 Å². The van der Waals surface area contributed by atoms with Crippen molar-refractivity contribution in [2.45, 2.75) is 25.8 Å². The lowest BCUT2D eigenvalue weighted by atomic mass is 10.1. The van der Waals surface area contributed by atoms with E-state index in [1.165, 1.54) is 0 Å². The van der Waals surface area contributed by atoms with Gasteiger partial charge in [-0.2, -0.15) is 0 Å². The van der Waals surface area contributed by atoms with Gasteiger partial charge in [0, 0.05) is 25.2 Å². The van der Waals surface area contributed by atoms with Crippen molar-refractivity contribution in [3.05, 3.63) is 59.7 Å². The lowest BCUT2D eigenvalue weighted by molar-refractivity contribution is -0.122. The van der Waals surface area contributed by atoms with E-state index in [1.807, 2.05) is 55.5 Å². The lowest BCUT2D eigenvalue weighted by Crippen LogP contribution is -2.51. The van der Waals surface area contributed by atoms with Crippen molar-refractivity contribution in [3.63, 3.8) is 0 Å². The maximum absolute atomic E-state index is 12.8. The monoisotopic (exact) mass is 367 g/mol. The Morgan fingerprint density at radius 3 is 2.56 bits per heavy atom. The molecule has 142 valence electrons. The number of fused-ring (bicyclic) bond motifs is 1. The number of anilines is 1. The van der Waals surface area contributed by atoms with E-state index in [9.17, 15) is 9.59 Å². The summed E-state index contributed by atoms with van der Waals surface area (Å²) in [5, 5.41) is 5.77. The van der Waals surface area contributed by atoms with Crippen LogP contribution in [-0.2, 0) is 17.6 Å². The molecular formula is C21H25N3O3. The number of carbonyl (C=O) groups excluding carboxylic acids is 2. The highest BCUT2D eigenvalue weighted by Gasteiger charge is 2.37. The Balaban J connectivity index is 1.66. The predicted octanol–water partition coefficient (Wildman–Crippen LogP) is 2.51. The van der Waals surface area contributed by atoms with E-state index in [0.29, 0.717) is 25.9 Å². The second-order valence-electron chi connectivity index (χ2n) is 6.44. The summed E-state index contributed by atoms with van der Waals surface area (Å²) < 4.78 is 5.15. The van der Waals surface area contributed by atoms with Crippen molar-refractivity contribution in [2.24, 2.45) is 0 Å². The van der Waals surface area contributed by atoms with Crippen molar-refractivity contribution >= 4 is 17.6 Å². The molecule has 1 heterocycles. The van der Waals surface area contributed by atoms with Crippen LogP contribution in [0.4, 0.5) is 10.5 Å². The van der Waals surface area contributed by atoms with Crippen LogP contribution in [0.1, 0.15) is 18.1 Å². The van der Waals surface area contributed by atoms with Crippen LogP contribution in [-0.4, -0.2) is 38.2 Å². The highest BCUT2D eigenvalue weighted by Crippen LogP contribution is 2.32. The Hall–Kier alpha value is -3.02. The van der Waals surface area contributed by atoms with Crippen LogP contribution in [0, 0.1) is 0 Å². The fraction of sp³-hybridized carbons (Fsp3) is 0.333. The molecule has 0 aromatic heterocycles. The number of urea groups is 1. The fourth-order valence-electron chi connectivity index (χ4n) is 3.33. The number of methoxy groups -OCH3 is 1. The third-order valence-electron chi connectivity index (χ3n) is 4.70. The molecule has 2 aromatic carbocycles. The third-order valence-corrected chi connectivity index (χ3v) is 4.70. The number of nitrogens with zero attached hydrogens (tertiary/aromatic N) is 1. The maximum Gasteiger partial charge on any atom is 0.322 e. The molecule has 0 saturated carbocycles. The number of ether oxygens (including phenoxy) is 1. The molecule has 2 N–H and O–H groups in total. The largest absolute Gasteiger partial charge is 0.497 e. The van der Waals surface area contributed by atoms with E-state index in [0.717, 1.165) is 22.6 Å². The molecule has 1 aliphatic heterocycles. The normalized spacial score (nSPS) is 15.2. The van der Waals surface area contributed by atoms with Crippen molar-refractivity contribution in [1.29, 1.82) is 0 Å². The number of hydrogen-bond acceptors (Lipinski definition) is 3. The summed E-state index contributed by atoms with van der Waals surface area (Å²) in [4.78, 5) is 26.9. The minimum absolute atomic E-state index is 0.126. The number of rotatable bonds is 6. The average molecular weight is 367 g/mol. The predicted molar refractivity (Wildman–Crippen MR) is 105 cm³/mol. The first-order chi connectivity index (χ1) is 13.1. The number of nitrogens with one attached hydrogen (secondary N) is 2. The van der Waals surface area contributed by atoms with Gasteiger partial charge < -0.3 is 15.4 Å². The number of hydrogen-bond donors (Lipinski definition) is 2. The van der Waals surface area contributed by atoms with E-state index in [1.54, 1.807) is 12.0 Å². The number of carbonyl (C=O) groups is 2. The molecule has 3 amide bonds. The van der Waals surface area contributed by atoms with E-state index in [4.69, 9.17) is 4.74 Å². The zero-order valence-corrected chi connectivity index (χ0v) is 15.7. The number of amides is 3. The van der Waals surface area contributed by atoms with Gasteiger partial charge in [0.05, 0.1) is 7.11 Å². The average Bonchev–Trinajstić information content (AvgIpc) is 3.08. The molecular weight excluding hydrogens is 342 g/mol. The molecule has 1 unspecified atom stereocenters. The summed E-state index contributed by atoms with van der Waals surface area (Å²) in [7, 11) is 1.63. The van der Waals surface area contributed by atoms with E-state index < -0.39 is 6.04 Å². The number of para-hydroxylation sites is 1. The van der Waals surface area contributed by atoms with Crippen LogP contribution in [0.15, 0.2) is 48.5 Å². The summed E-state index contributed by atoms with van der Waals surface area (Å²) in [6, 6.07) is 14.7. The SMILES string of the molecule is CCNC(=O)C1Cc2ccccc2N1C(=O)NCCc1ccc(OC)cc1. The van der Waals surface area contributed by atoms with E-state index in [2.05, 4.69) is 10.6 Å². The van der Waals surface area contributed by atoms with Crippen molar-refractivity contribution in [1.82, 2.24) is 10.6 Å². The molecule has 0 spiro atoms. The van der Waals surface area contributed by atoms with Crippen molar-refractivity contribution in [2.75, 3.05) is 25.1 Å². The number of likely N-dealkylation sites (N-methyl/N-ethyl adjacent to an activating group) is 1. The Morgan fingerprint density at radius 1 is 1.11 bits per heavy atom. The van der Waals surface area contributed by atoms with Gasteiger partial charge in [-0.1, -0.05) is 30.3 Å². The second-order valence-corrected chi connectivity index (χ2v) is 6.44. The molecule has 0 fully saturated rings. The van der Waals surface area contributed by atoms with Gasteiger partial charge in [0.1, 0.15) is 11.8 Å². The Labute approximate surface area is 159 Å². The van der Waals surface area contributed by atoms with E-state index >= 15 is 0 Å². The molecule has 0 radical (unpaired) electrons. The van der Waals surface area contributed by atoms with Gasteiger partial charge in [-0.05, 0) is 42.7 Å². The van der Waals surface area contributed by atoms with Gasteiger partial charge in [-0.15, -0.1) is 0 Å². The lowest BCUT2D eigenvalue weighted by Gasteiger charge is -2.25. The minimum Gasteiger partial charge on any atom is -0.497 e. The fourth-order valence-corrected chi connectivity index (χ4v) is 3.33. The topological polar surface area (TPSA) is 70.7 Å². The van der Waals surface area contributed by atoms with Crippen LogP contribution in [0.5, 0.6) is 5.75 Å². The Morgan fingerprint density at radius 2 is 1.85 bits per heavy atom. The van der Waals surface area contributed by atoms with Gasteiger partial charge in [0.25, 0.3) is 0 Å². The zero-order valence-electron chi connectivity index (χ0n) is 15.7. The van der Waals surface area contributed by atoms with Crippen LogP contribution in [0.2, 0.25) is 0 Å². The van der Waals surface area contributed by atoms with E-state index in [-0.39, 0.29) is 11.9 Å². The molecule has 0 aliphatic carbocycles. The first-order valence-electron chi connectivity index (χ1n) is 9.19. The zero-order chi connectivity index (χ0) is 19.2. The Kier molecular flexibility index (Phi) is 5.96. The molecule has 3 rings (SSSR count). The van der Waals surface area contributed by atoms with Gasteiger partial charge in [0.15, 0.2) is 0 Å². The first kappa shape index (κ1) is 18.8. The summed E-state index contributed by atoms with van der Waals surface area (Å²) >= 11 is 0. The second kappa shape index (κ2) is 8.58. The van der Waals surface area contributed by atoms with Gasteiger partial charge in [-0.3, -0.25) is 9.69 Å². The highest BCUT2D eigenvalue weighted by atomic mass is 16.5. The standard InChI is InChI=1S/C21H25N3O3/c1-3-22-20(25)19-14-16-6-4-5-7-18(16)24(19)21(26)23-13-12-15-8-10-17(27-2)11-9-15/h4-11,19H,3,12-14H2,1-2H3,(H,22,25)(H,23,26). The quantitative estimate of drug-likeness (QED) is 0.824. The molecule has 1 atom stereocenters. The highest BCUT2D eigenvalue weighted by molar-refractivity contribution is 6.02. The first-order valence-corrected chi connectivity index (χ1v) is 9.19. The maximum atomic E-state index is 12.8. The summed E-state index contributed by atoms with van der Waals surface area (Å²) in [5.74, 6) is 0.681. The van der Waals surface area contributed by atoms with Gasteiger partial charge in [0.2, 0.25) is 5.91 Å². The summed E-state index contributed by atoms with van der Waals surface area (Å²) in [6.45, 7) is 2.91. The third kappa shape index (κ3) is 4.22. The van der Waals surface area contributed by atoms with Crippen LogP contribution in [0.25, 0.3) is 0 Å². The van der Waals surface area contributed by atoms with Gasteiger partial charge >= 0.3 is 6.03 Å². The van der Waals surface area contributed by atoms with Crippen LogP contribution >= 0.6 is 0 Å². The number of benzene rings is 2. The molecule has 1 aliphatic rings. The smallest absolute Gasteiger partial charge is 0.322 e.